The molecule has 1 aromatic heterocycles. The molecule has 2 amide bonds. The van der Waals surface area contributed by atoms with Crippen LogP contribution < -0.4 is 5.32 Å². The van der Waals surface area contributed by atoms with Crippen LogP contribution in [0.15, 0.2) is 79.1 Å². The fourth-order valence-corrected chi connectivity index (χ4v) is 2.76. The van der Waals surface area contributed by atoms with E-state index in [4.69, 9.17) is 0 Å². The second kappa shape index (κ2) is 8.25. The maximum atomic E-state index is 13.7. The van der Waals surface area contributed by atoms with Gasteiger partial charge in [0.2, 0.25) is 0 Å². The number of halogens is 1. The summed E-state index contributed by atoms with van der Waals surface area (Å²) in [6, 6.07) is 18.9. The lowest BCUT2D eigenvalue weighted by atomic mass is 9.99. The predicted molar refractivity (Wildman–Crippen MR) is 98.9 cm³/mol. The molecule has 0 aliphatic carbocycles. The lowest BCUT2D eigenvalue weighted by Gasteiger charge is -2.24. The molecule has 0 bridgehead atoms. The second-order valence-corrected chi connectivity index (χ2v) is 6.06. The third-order valence-electron chi connectivity index (χ3n) is 4.10. The van der Waals surface area contributed by atoms with Gasteiger partial charge in [0.15, 0.2) is 0 Å². The van der Waals surface area contributed by atoms with Gasteiger partial charge in [-0.05, 0) is 41.0 Å². The number of nitrogens with one attached hydrogen (secondary N) is 1. The Labute approximate surface area is 152 Å². The van der Waals surface area contributed by atoms with Crippen molar-refractivity contribution in [3.05, 3.63) is 102 Å². The van der Waals surface area contributed by atoms with Crippen molar-refractivity contribution in [2.45, 2.75) is 12.6 Å². The van der Waals surface area contributed by atoms with Gasteiger partial charge < -0.3 is 10.2 Å². The normalized spacial score (nSPS) is 11.6. The van der Waals surface area contributed by atoms with E-state index in [1.807, 2.05) is 48.5 Å². The highest BCUT2D eigenvalue weighted by Gasteiger charge is 2.19. The van der Waals surface area contributed by atoms with Crippen molar-refractivity contribution in [1.29, 1.82) is 0 Å². The summed E-state index contributed by atoms with van der Waals surface area (Å²) < 4.78 is 13.7. The van der Waals surface area contributed by atoms with Gasteiger partial charge in [-0.15, -0.1) is 0 Å². The van der Waals surface area contributed by atoms with Crippen LogP contribution in [0.1, 0.15) is 22.7 Å². The number of carbonyl (C=O) groups is 1. The third-order valence-corrected chi connectivity index (χ3v) is 4.10. The summed E-state index contributed by atoms with van der Waals surface area (Å²) in [6.07, 6.45) is 3.39. The van der Waals surface area contributed by atoms with Crippen LogP contribution >= 0.6 is 0 Å². The lowest BCUT2D eigenvalue weighted by Crippen LogP contribution is -2.39. The van der Waals surface area contributed by atoms with E-state index in [9.17, 15) is 9.18 Å². The summed E-state index contributed by atoms with van der Waals surface area (Å²) in [4.78, 5) is 18.3. The summed E-state index contributed by atoms with van der Waals surface area (Å²) in [5.74, 6) is -0.331. The van der Waals surface area contributed by atoms with Crippen molar-refractivity contribution in [2.75, 3.05) is 7.05 Å². The number of pyridine rings is 1. The first-order valence-corrected chi connectivity index (χ1v) is 8.34. The number of hydrogen-bond donors (Lipinski definition) is 1. The van der Waals surface area contributed by atoms with Crippen LogP contribution in [0.2, 0.25) is 0 Å². The van der Waals surface area contributed by atoms with Crippen molar-refractivity contribution in [1.82, 2.24) is 15.2 Å². The molecule has 1 N–H and O–H groups in total. The van der Waals surface area contributed by atoms with E-state index in [1.165, 1.54) is 12.1 Å². The number of carbonyl (C=O) groups excluding carboxylic acids is 1. The van der Waals surface area contributed by atoms with Crippen molar-refractivity contribution in [2.24, 2.45) is 0 Å². The maximum absolute atomic E-state index is 13.7. The molecule has 2 aromatic carbocycles. The Morgan fingerprint density at radius 2 is 1.73 bits per heavy atom. The van der Waals surface area contributed by atoms with E-state index in [0.29, 0.717) is 12.1 Å². The molecule has 3 rings (SSSR count). The summed E-state index contributed by atoms with van der Waals surface area (Å²) >= 11 is 0. The molecule has 5 heteroatoms. The molecule has 0 unspecified atom stereocenters. The molecule has 0 radical (unpaired) electrons. The van der Waals surface area contributed by atoms with Gasteiger partial charge in [-0.1, -0.05) is 42.5 Å². The Kier molecular flexibility index (Phi) is 5.59. The summed E-state index contributed by atoms with van der Waals surface area (Å²) in [5.41, 5.74) is 2.57. The van der Waals surface area contributed by atoms with E-state index in [-0.39, 0.29) is 11.8 Å². The maximum Gasteiger partial charge on any atom is 0.318 e. The van der Waals surface area contributed by atoms with Crippen molar-refractivity contribution >= 4 is 6.03 Å². The smallest absolute Gasteiger partial charge is 0.318 e. The molecular formula is C21H20FN3O. The first-order valence-electron chi connectivity index (χ1n) is 8.34. The molecular weight excluding hydrogens is 329 g/mol. The number of benzene rings is 2. The van der Waals surface area contributed by atoms with Gasteiger partial charge in [-0.2, -0.15) is 0 Å². The molecule has 0 fully saturated rings. The zero-order valence-electron chi connectivity index (χ0n) is 14.5. The highest BCUT2D eigenvalue weighted by atomic mass is 19.1. The first kappa shape index (κ1) is 17.6. The fraction of sp³-hybridized carbons (Fsp3) is 0.143. The summed E-state index contributed by atoms with van der Waals surface area (Å²) in [6.45, 7) is 0.457. The van der Waals surface area contributed by atoms with E-state index in [2.05, 4.69) is 10.3 Å². The van der Waals surface area contributed by atoms with Gasteiger partial charge in [-0.3, -0.25) is 4.98 Å². The Morgan fingerprint density at radius 1 is 1.04 bits per heavy atom. The zero-order valence-corrected chi connectivity index (χ0v) is 14.5. The minimum Gasteiger partial charge on any atom is -0.327 e. The predicted octanol–water partition coefficient (Wildman–Crippen LogP) is 4.15. The molecule has 1 atom stereocenters. The number of urea groups is 1. The molecule has 0 aliphatic rings. The number of nitrogens with zero attached hydrogens (tertiary/aromatic N) is 2. The third kappa shape index (κ3) is 4.45. The molecule has 4 nitrogen and oxygen atoms in total. The average Bonchev–Trinajstić information content (AvgIpc) is 2.67. The highest BCUT2D eigenvalue weighted by molar-refractivity contribution is 5.75. The van der Waals surface area contributed by atoms with Crippen LogP contribution in [0, 0.1) is 5.82 Å². The van der Waals surface area contributed by atoms with Crippen LogP contribution in [0.5, 0.6) is 0 Å². The van der Waals surface area contributed by atoms with Crippen molar-refractivity contribution < 1.29 is 9.18 Å². The van der Waals surface area contributed by atoms with Crippen LogP contribution in [-0.4, -0.2) is 23.0 Å². The standard InChI is InChI=1S/C21H20FN3O/c1-25(15-16-10-12-23-13-11-16)21(26)24-20(17-6-3-2-4-7-17)18-8-5-9-19(22)14-18/h2-14,20H,15H2,1H3,(H,24,26)/t20-/m0/s1. The Hall–Kier alpha value is -3.21. The van der Waals surface area contributed by atoms with Crippen LogP contribution in [-0.2, 0) is 6.54 Å². The number of hydrogen-bond acceptors (Lipinski definition) is 2. The average molecular weight is 349 g/mol. The lowest BCUT2D eigenvalue weighted by molar-refractivity contribution is 0.204. The summed E-state index contributed by atoms with van der Waals surface area (Å²) in [5, 5.41) is 3.00. The minimum absolute atomic E-state index is 0.236. The number of aromatic nitrogens is 1. The second-order valence-electron chi connectivity index (χ2n) is 6.06. The quantitative estimate of drug-likeness (QED) is 0.752. The molecule has 0 saturated carbocycles. The molecule has 0 spiro atoms. The molecule has 0 aliphatic heterocycles. The topological polar surface area (TPSA) is 45.2 Å². The monoisotopic (exact) mass is 349 g/mol. The number of amides is 2. The van der Waals surface area contributed by atoms with Crippen molar-refractivity contribution in [3.8, 4) is 0 Å². The fourth-order valence-electron chi connectivity index (χ4n) is 2.76. The summed E-state index contributed by atoms with van der Waals surface area (Å²) in [7, 11) is 1.73. The van der Waals surface area contributed by atoms with Gasteiger partial charge >= 0.3 is 6.03 Å². The van der Waals surface area contributed by atoms with Crippen LogP contribution in [0.4, 0.5) is 9.18 Å². The molecule has 26 heavy (non-hydrogen) atoms. The Balaban J connectivity index is 1.80. The van der Waals surface area contributed by atoms with Gasteiger partial charge in [-0.25, -0.2) is 9.18 Å². The van der Waals surface area contributed by atoms with Crippen LogP contribution in [0.25, 0.3) is 0 Å². The van der Waals surface area contributed by atoms with Gasteiger partial charge in [0.25, 0.3) is 0 Å². The van der Waals surface area contributed by atoms with E-state index >= 15 is 0 Å². The van der Waals surface area contributed by atoms with Gasteiger partial charge in [0, 0.05) is 26.0 Å². The Morgan fingerprint density at radius 3 is 2.42 bits per heavy atom. The zero-order chi connectivity index (χ0) is 18.4. The van der Waals surface area contributed by atoms with E-state index < -0.39 is 6.04 Å². The molecule has 1 heterocycles. The number of rotatable bonds is 5. The Bertz CT molecular complexity index is 855. The van der Waals surface area contributed by atoms with Crippen molar-refractivity contribution in [3.63, 3.8) is 0 Å². The molecule has 132 valence electrons. The SMILES string of the molecule is CN(Cc1ccncc1)C(=O)N[C@@H](c1ccccc1)c1cccc(F)c1. The van der Waals surface area contributed by atoms with Gasteiger partial charge in [0.05, 0.1) is 6.04 Å². The highest BCUT2D eigenvalue weighted by Crippen LogP contribution is 2.23. The van der Waals surface area contributed by atoms with E-state index in [1.54, 1.807) is 30.4 Å². The molecule has 3 aromatic rings. The van der Waals surface area contributed by atoms with E-state index in [0.717, 1.165) is 11.1 Å². The minimum atomic E-state index is -0.431. The van der Waals surface area contributed by atoms with Gasteiger partial charge in [0.1, 0.15) is 5.82 Å². The molecule has 0 saturated heterocycles. The first-order chi connectivity index (χ1) is 12.6. The largest absolute Gasteiger partial charge is 0.327 e. The van der Waals surface area contributed by atoms with Crippen LogP contribution in [0.3, 0.4) is 0 Å².